The monoisotopic (exact) mass is 279 g/mol. The molecule has 0 heterocycles. The lowest BCUT2D eigenvalue weighted by atomic mass is 9.98. The van der Waals surface area contributed by atoms with Crippen LogP contribution in [0.25, 0.3) is 0 Å². The zero-order valence-corrected chi connectivity index (χ0v) is 12.3. The number of alkyl carbamates (subject to hydrolysis) is 1. The van der Waals surface area contributed by atoms with Gasteiger partial charge in [0.2, 0.25) is 0 Å². The number of carboxylic acids is 1. The average Bonchev–Trinajstić information content (AvgIpc) is 2.29. The maximum atomic E-state index is 11.5. The van der Waals surface area contributed by atoms with Crippen LogP contribution < -0.4 is 5.32 Å². The summed E-state index contributed by atoms with van der Waals surface area (Å²) in [5.74, 6) is -1.77. The van der Waals surface area contributed by atoms with Crippen LogP contribution in [-0.4, -0.2) is 29.3 Å². The van der Waals surface area contributed by atoms with Crippen LogP contribution in [0.4, 0.5) is 4.79 Å². The number of carbonyl (C=O) groups is 2. The van der Waals surface area contributed by atoms with Crippen LogP contribution in [0, 0.1) is 6.92 Å². The Morgan fingerprint density at radius 3 is 2.25 bits per heavy atom. The molecule has 0 radical (unpaired) electrons. The molecule has 0 aliphatic heterocycles. The molecule has 1 atom stereocenters. The molecule has 0 unspecified atom stereocenters. The predicted octanol–water partition coefficient (Wildman–Crippen LogP) is 2.69. The zero-order chi connectivity index (χ0) is 15.3. The maximum absolute atomic E-state index is 11.5. The molecular formula is C15H21NO4. The second-order valence-corrected chi connectivity index (χ2v) is 5.68. The van der Waals surface area contributed by atoms with Gasteiger partial charge in [-0.1, -0.05) is 29.8 Å². The van der Waals surface area contributed by atoms with Gasteiger partial charge in [0, 0.05) is 6.54 Å². The van der Waals surface area contributed by atoms with Gasteiger partial charge in [0.15, 0.2) is 0 Å². The van der Waals surface area contributed by atoms with E-state index in [1.807, 2.05) is 19.1 Å². The van der Waals surface area contributed by atoms with Gasteiger partial charge in [0.1, 0.15) is 5.60 Å². The molecule has 2 N–H and O–H groups in total. The van der Waals surface area contributed by atoms with Gasteiger partial charge in [-0.2, -0.15) is 0 Å². The summed E-state index contributed by atoms with van der Waals surface area (Å²) in [7, 11) is 0. The molecular weight excluding hydrogens is 258 g/mol. The summed E-state index contributed by atoms with van der Waals surface area (Å²) >= 11 is 0. The van der Waals surface area contributed by atoms with Gasteiger partial charge in [-0.25, -0.2) is 4.79 Å². The molecule has 1 amide bonds. The lowest BCUT2D eigenvalue weighted by Crippen LogP contribution is -2.36. The minimum Gasteiger partial charge on any atom is -0.481 e. The van der Waals surface area contributed by atoms with Gasteiger partial charge in [0.25, 0.3) is 0 Å². The van der Waals surface area contributed by atoms with Crippen molar-refractivity contribution in [2.24, 2.45) is 0 Å². The maximum Gasteiger partial charge on any atom is 0.407 e. The lowest BCUT2D eigenvalue weighted by Gasteiger charge is -2.21. The van der Waals surface area contributed by atoms with Gasteiger partial charge in [-0.05, 0) is 33.3 Å². The van der Waals surface area contributed by atoms with Gasteiger partial charge in [0.05, 0.1) is 5.92 Å². The van der Waals surface area contributed by atoms with Gasteiger partial charge in [-0.15, -0.1) is 0 Å². The molecule has 1 aromatic rings. The van der Waals surface area contributed by atoms with Crippen molar-refractivity contribution < 1.29 is 19.4 Å². The first kappa shape index (κ1) is 16.0. The fraction of sp³-hybridized carbons (Fsp3) is 0.467. The number of amides is 1. The van der Waals surface area contributed by atoms with E-state index in [1.54, 1.807) is 32.9 Å². The van der Waals surface area contributed by atoms with Crippen LogP contribution in [0.3, 0.4) is 0 Å². The molecule has 110 valence electrons. The fourth-order valence-corrected chi connectivity index (χ4v) is 1.65. The van der Waals surface area contributed by atoms with Crippen molar-refractivity contribution >= 4 is 12.1 Å². The number of ether oxygens (including phenoxy) is 1. The lowest BCUT2D eigenvalue weighted by molar-refractivity contribution is -0.138. The third-order valence-electron chi connectivity index (χ3n) is 2.63. The first-order valence-electron chi connectivity index (χ1n) is 6.45. The molecule has 20 heavy (non-hydrogen) atoms. The second-order valence-electron chi connectivity index (χ2n) is 5.68. The van der Waals surface area contributed by atoms with Crippen molar-refractivity contribution in [1.29, 1.82) is 0 Å². The third-order valence-corrected chi connectivity index (χ3v) is 2.63. The highest BCUT2D eigenvalue weighted by Gasteiger charge is 2.22. The molecule has 5 nitrogen and oxygen atoms in total. The summed E-state index contributed by atoms with van der Waals surface area (Å²) < 4.78 is 5.08. The Kier molecular flexibility index (Phi) is 5.13. The van der Waals surface area contributed by atoms with Gasteiger partial charge >= 0.3 is 12.1 Å². The van der Waals surface area contributed by atoms with Crippen LogP contribution in [0.1, 0.15) is 37.8 Å². The summed E-state index contributed by atoms with van der Waals surface area (Å²) in [6.45, 7) is 7.18. The Balaban J connectivity index is 2.67. The van der Waals surface area contributed by atoms with E-state index < -0.39 is 23.6 Å². The number of nitrogens with one attached hydrogen (secondary N) is 1. The normalized spacial score (nSPS) is 12.6. The molecule has 0 bridgehead atoms. The van der Waals surface area contributed by atoms with Crippen molar-refractivity contribution in [3.63, 3.8) is 0 Å². The summed E-state index contributed by atoms with van der Waals surface area (Å²) in [5.41, 5.74) is 1.10. The van der Waals surface area contributed by atoms with Crippen molar-refractivity contribution in [2.45, 2.75) is 39.2 Å². The standard InChI is InChI=1S/C15H21NO4/c1-10-5-7-11(8-6-10)12(13(17)18)9-16-14(19)20-15(2,3)4/h5-8,12H,9H2,1-4H3,(H,16,19)(H,17,18)/t12-/m1/s1. The number of carbonyl (C=O) groups excluding carboxylic acids is 1. The van der Waals surface area contributed by atoms with Crippen molar-refractivity contribution in [1.82, 2.24) is 5.32 Å². The zero-order valence-electron chi connectivity index (χ0n) is 12.3. The second kappa shape index (κ2) is 6.41. The predicted molar refractivity (Wildman–Crippen MR) is 75.8 cm³/mol. The molecule has 0 aliphatic carbocycles. The molecule has 0 aliphatic rings. The molecule has 1 rings (SSSR count). The Labute approximate surface area is 118 Å². The number of benzene rings is 1. The number of aliphatic carboxylic acids is 1. The van der Waals surface area contributed by atoms with Crippen molar-refractivity contribution in [3.8, 4) is 0 Å². The SMILES string of the molecule is Cc1ccc([C@@H](CNC(=O)OC(C)(C)C)C(=O)O)cc1. The number of hydrogen-bond donors (Lipinski definition) is 2. The minimum atomic E-state index is -0.982. The molecule has 0 aromatic heterocycles. The molecule has 0 spiro atoms. The number of rotatable bonds is 4. The van der Waals surface area contributed by atoms with E-state index >= 15 is 0 Å². The third kappa shape index (κ3) is 5.30. The van der Waals surface area contributed by atoms with Crippen LogP contribution >= 0.6 is 0 Å². The number of hydrogen-bond acceptors (Lipinski definition) is 3. The molecule has 1 aromatic carbocycles. The van der Waals surface area contributed by atoms with Crippen LogP contribution in [0.5, 0.6) is 0 Å². The van der Waals surface area contributed by atoms with E-state index in [2.05, 4.69) is 5.32 Å². The Morgan fingerprint density at radius 1 is 1.25 bits per heavy atom. The van der Waals surface area contributed by atoms with E-state index in [1.165, 1.54) is 0 Å². The Hall–Kier alpha value is -2.04. The van der Waals surface area contributed by atoms with E-state index in [4.69, 9.17) is 4.74 Å². The largest absolute Gasteiger partial charge is 0.481 e. The highest BCUT2D eigenvalue weighted by atomic mass is 16.6. The molecule has 5 heteroatoms. The topological polar surface area (TPSA) is 75.6 Å². The van der Waals surface area contributed by atoms with Gasteiger partial charge in [-0.3, -0.25) is 4.79 Å². The Morgan fingerprint density at radius 2 is 1.80 bits per heavy atom. The van der Waals surface area contributed by atoms with E-state index in [0.29, 0.717) is 5.56 Å². The molecule has 0 fully saturated rings. The highest BCUT2D eigenvalue weighted by Crippen LogP contribution is 2.16. The van der Waals surface area contributed by atoms with E-state index in [-0.39, 0.29) is 6.54 Å². The summed E-state index contributed by atoms with van der Waals surface area (Å²) in [5, 5.41) is 11.7. The smallest absolute Gasteiger partial charge is 0.407 e. The van der Waals surface area contributed by atoms with Gasteiger partial charge < -0.3 is 15.2 Å². The minimum absolute atomic E-state index is 0.00664. The van der Waals surface area contributed by atoms with Crippen LogP contribution in [0.2, 0.25) is 0 Å². The molecule has 0 saturated carbocycles. The van der Waals surface area contributed by atoms with Crippen LogP contribution in [0.15, 0.2) is 24.3 Å². The fourth-order valence-electron chi connectivity index (χ4n) is 1.65. The molecule has 0 saturated heterocycles. The van der Waals surface area contributed by atoms with E-state index in [0.717, 1.165) is 5.56 Å². The first-order chi connectivity index (χ1) is 9.19. The summed E-state index contributed by atoms with van der Waals surface area (Å²) in [6, 6.07) is 7.20. The Bertz CT molecular complexity index is 474. The number of carboxylic acid groups (broad SMARTS) is 1. The number of aryl methyl sites for hydroxylation is 1. The highest BCUT2D eigenvalue weighted by molar-refractivity contribution is 5.77. The quantitative estimate of drug-likeness (QED) is 0.888. The van der Waals surface area contributed by atoms with E-state index in [9.17, 15) is 14.7 Å². The van der Waals surface area contributed by atoms with Crippen molar-refractivity contribution in [3.05, 3.63) is 35.4 Å². The summed E-state index contributed by atoms with van der Waals surface area (Å²) in [6.07, 6.45) is -0.615. The average molecular weight is 279 g/mol. The first-order valence-corrected chi connectivity index (χ1v) is 6.45. The van der Waals surface area contributed by atoms with Crippen molar-refractivity contribution in [2.75, 3.05) is 6.54 Å². The summed E-state index contributed by atoms with van der Waals surface area (Å²) in [4.78, 5) is 22.8. The van der Waals surface area contributed by atoms with Crippen LogP contribution in [-0.2, 0) is 9.53 Å².